The first kappa shape index (κ1) is 13.0. The Kier molecular flexibility index (Phi) is 3.71. The van der Waals surface area contributed by atoms with Gasteiger partial charge in [-0.1, -0.05) is 18.2 Å². The largest absolute Gasteiger partial charge is 0.480 e. The summed E-state index contributed by atoms with van der Waals surface area (Å²) in [4.78, 5) is 22.9. The van der Waals surface area contributed by atoms with Crippen LogP contribution in [0.5, 0.6) is 0 Å². The molecular weight excluding hydrogens is 244 g/mol. The number of nitrogens with one attached hydrogen (secondary N) is 2. The van der Waals surface area contributed by atoms with Crippen LogP contribution in [0.3, 0.4) is 0 Å². The summed E-state index contributed by atoms with van der Waals surface area (Å²) in [6, 6.07) is 6.12. The van der Waals surface area contributed by atoms with Gasteiger partial charge in [0.1, 0.15) is 12.1 Å². The molecule has 1 aliphatic heterocycles. The van der Waals surface area contributed by atoms with Gasteiger partial charge in [-0.15, -0.1) is 12.3 Å². The molecule has 5 heteroatoms. The third kappa shape index (κ3) is 2.86. The SMILES string of the molecule is C#CCC(NC(=O)[C@@H]1Cc2ccccc2N1)C(=O)O. The maximum atomic E-state index is 12.0. The number of terminal acetylenes is 1. The molecule has 0 aromatic heterocycles. The molecule has 1 aromatic rings. The predicted molar refractivity (Wildman–Crippen MR) is 70.6 cm³/mol. The van der Waals surface area contributed by atoms with Crippen LogP contribution in [0, 0.1) is 12.3 Å². The highest BCUT2D eigenvalue weighted by Crippen LogP contribution is 2.25. The lowest BCUT2D eigenvalue weighted by Crippen LogP contribution is -2.47. The number of rotatable bonds is 4. The van der Waals surface area contributed by atoms with Crippen molar-refractivity contribution in [2.75, 3.05) is 5.32 Å². The molecule has 1 aliphatic rings. The van der Waals surface area contributed by atoms with Crippen LogP contribution >= 0.6 is 0 Å². The fourth-order valence-electron chi connectivity index (χ4n) is 2.05. The van der Waals surface area contributed by atoms with Gasteiger partial charge in [0.05, 0.1) is 0 Å². The summed E-state index contributed by atoms with van der Waals surface area (Å²) in [5.74, 6) is 0.775. The number of para-hydroxylation sites is 1. The van der Waals surface area contributed by atoms with Gasteiger partial charge in [-0.05, 0) is 11.6 Å². The average Bonchev–Trinajstić information content (AvgIpc) is 2.81. The Morgan fingerprint density at radius 1 is 1.53 bits per heavy atom. The number of amides is 1. The van der Waals surface area contributed by atoms with E-state index in [1.54, 1.807) is 0 Å². The molecule has 98 valence electrons. The lowest BCUT2D eigenvalue weighted by molar-refractivity contribution is -0.141. The number of carboxylic acid groups (broad SMARTS) is 1. The molecule has 2 rings (SSSR count). The summed E-state index contributed by atoms with van der Waals surface area (Å²) in [6.07, 6.45) is 5.60. The fraction of sp³-hybridized carbons (Fsp3) is 0.286. The van der Waals surface area contributed by atoms with Crippen LogP contribution in [0.4, 0.5) is 5.69 Å². The Labute approximate surface area is 111 Å². The predicted octanol–water partition coefficient (Wildman–Crippen LogP) is 0.616. The van der Waals surface area contributed by atoms with Gasteiger partial charge in [0, 0.05) is 18.5 Å². The summed E-state index contributed by atoms with van der Waals surface area (Å²) in [7, 11) is 0. The molecule has 0 bridgehead atoms. The normalized spacial score (nSPS) is 17.7. The van der Waals surface area contributed by atoms with Gasteiger partial charge in [0.15, 0.2) is 0 Å². The molecule has 0 spiro atoms. The van der Waals surface area contributed by atoms with E-state index in [1.165, 1.54) is 0 Å². The Morgan fingerprint density at radius 3 is 2.89 bits per heavy atom. The number of fused-ring (bicyclic) bond motifs is 1. The lowest BCUT2D eigenvalue weighted by Gasteiger charge is -2.16. The van der Waals surface area contributed by atoms with Crippen LogP contribution in [-0.4, -0.2) is 29.1 Å². The summed E-state index contributed by atoms with van der Waals surface area (Å²) in [6.45, 7) is 0. The van der Waals surface area contributed by atoms with Crippen LogP contribution in [0.1, 0.15) is 12.0 Å². The first-order valence-corrected chi connectivity index (χ1v) is 5.93. The minimum absolute atomic E-state index is 0.0270. The second-order valence-corrected chi connectivity index (χ2v) is 4.37. The van der Waals surface area contributed by atoms with Crippen molar-refractivity contribution < 1.29 is 14.7 Å². The first-order chi connectivity index (χ1) is 9.11. The molecule has 5 nitrogen and oxygen atoms in total. The Hall–Kier alpha value is -2.48. The third-order valence-electron chi connectivity index (χ3n) is 3.02. The minimum Gasteiger partial charge on any atom is -0.480 e. The van der Waals surface area contributed by atoms with Crippen molar-refractivity contribution in [3.05, 3.63) is 29.8 Å². The molecule has 19 heavy (non-hydrogen) atoms. The van der Waals surface area contributed by atoms with Crippen LogP contribution in [0.25, 0.3) is 0 Å². The number of aliphatic carboxylic acids is 1. The second kappa shape index (κ2) is 5.44. The maximum Gasteiger partial charge on any atom is 0.327 e. The Balaban J connectivity index is 1.99. The van der Waals surface area contributed by atoms with Gasteiger partial charge >= 0.3 is 5.97 Å². The van der Waals surface area contributed by atoms with E-state index < -0.39 is 18.1 Å². The van der Waals surface area contributed by atoms with Gasteiger partial charge < -0.3 is 15.7 Å². The third-order valence-corrected chi connectivity index (χ3v) is 3.02. The summed E-state index contributed by atoms with van der Waals surface area (Å²) in [5, 5.41) is 14.5. The molecule has 3 N–H and O–H groups in total. The van der Waals surface area contributed by atoms with Crippen molar-refractivity contribution in [2.45, 2.75) is 24.9 Å². The number of hydrogen-bond donors (Lipinski definition) is 3. The second-order valence-electron chi connectivity index (χ2n) is 4.37. The number of anilines is 1. The van der Waals surface area contributed by atoms with Crippen LogP contribution in [-0.2, 0) is 16.0 Å². The lowest BCUT2D eigenvalue weighted by atomic mass is 10.1. The highest BCUT2D eigenvalue weighted by molar-refractivity contribution is 5.90. The Morgan fingerprint density at radius 2 is 2.26 bits per heavy atom. The average molecular weight is 258 g/mol. The van der Waals surface area contributed by atoms with E-state index in [2.05, 4.69) is 16.6 Å². The summed E-state index contributed by atoms with van der Waals surface area (Å²) >= 11 is 0. The molecule has 2 atom stereocenters. The van der Waals surface area contributed by atoms with Gasteiger partial charge in [0.2, 0.25) is 5.91 Å². The minimum atomic E-state index is -1.12. The standard InChI is InChI=1S/C14H14N2O3/c1-2-5-11(14(18)19)16-13(17)12-8-9-6-3-4-7-10(9)15-12/h1,3-4,6-7,11-12,15H,5,8H2,(H,16,17)(H,18,19)/t11?,12-/m0/s1. The molecule has 0 saturated heterocycles. The topological polar surface area (TPSA) is 78.4 Å². The van der Waals surface area contributed by atoms with Crippen molar-refractivity contribution in [1.29, 1.82) is 0 Å². The van der Waals surface area contributed by atoms with Gasteiger partial charge in [-0.2, -0.15) is 0 Å². The first-order valence-electron chi connectivity index (χ1n) is 5.93. The van der Waals surface area contributed by atoms with E-state index in [0.29, 0.717) is 6.42 Å². The molecule has 0 aliphatic carbocycles. The molecule has 1 heterocycles. The summed E-state index contributed by atoms with van der Waals surface area (Å²) < 4.78 is 0. The Bertz CT molecular complexity index is 523. The van der Waals surface area contributed by atoms with E-state index >= 15 is 0 Å². The van der Waals surface area contributed by atoms with Gasteiger partial charge in [-0.3, -0.25) is 4.79 Å². The van der Waals surface area contributed by atoms with Gasteiger partial charge in [0.25, 0.3) is 0 Å². The van der Waals surface area contributed by atoms with Crippen LogP contribution in [0.15, 0.2) is 24.3 Å². The molecule has 1 aromatic carbocycles. The maximum absolute atomic E-state index is 12.0. The van der Waals surface area contributed by atoms with Gasteiger partial charge in [-0.25, -0.2) is 4.79 Å². The smallest absolute Gasteiger partial charge is 0.327 e. The van der Waals surface area contributed by atoms with Crippen molar-refractivity contribution in [3.8, 4) is 12.3 Å². The molecule has 1 amide bonds. The van der Waals surface area contributed by atoms with E-state index in [9.17, 15) is 9.59 Å². The number of benzene rings is 1. The molecule has 0 fully saturated rings. The van der Waals surface area contributed by atoms with E-state index in [1.807, 2.05) is 24.3 Å². The zero-order valence-corrected chi connectivity index (χ0v) is 10.2. The van der Waals surface area contributed by atoms with Crippen LogP contribution in [0.2, 0.25) is 0 Å². The van der Waals surface area contributed by atoms with E-state index in [0.717, 1.165) is 11.3 Å². The van der Waals surface area contributed by atoms with Crippen LogP contribution < -0.4 is 10.6 Å². The number of carbonyl (C=O) groups is 2. The summed E-state index contributed by atoms with van der Waals surface area (Å²) in [5.41, 5.74) is 1.96. The number of carbonyl (C=O) groups excluding carboxylic acids is 1. The monoisotopic (exact) mass is 258 g/mol. The molecular formula is C14H14N2O3. The number of hydrogen-bond acceptors (Lipinski definition) is 3. The zero-order valence-electron chi connectivity index (χ0n) is 10.2. The number of carboxylic acids is 1. The quantitative estimate of drug-likeness (QED) is 0.692. The zero-order chi connectivity index (χ0) is 13.8. The highest BCUT2D eigenvalue weighted by atomic mass is 16.4. The van der Waals surface area contributed by atoms with Crippen molar-refractivity contribution in [3.63, 3.8) is 0 Å². The van der Waals surface area contributed by atoms with Crippen molar-refractivity contribution in [1.82, 2.24) is 5.32 Å². The molecule has 0 saturated carbocycles. The van der Waals surface area contributed by atoms with Crippen molar-refractivity contribution in [2.24, 2.45) is 0 Å². The van der Waals surface area contributed by atoms with E-state index in [4.69, 9.17) is 11.5 Å². The molecule has 1 unspecified atom stereocenters. The molecule has 0 radical (unpaired) electrons. The highest BCUT2D eigenvalue weighted by Gasteiger charge is 2.29. The fourth-order valence-corrected chi connectivity index (χ4v) is 2.05. The van der Waals surface area contributed by atoms with Crippen molar-refractivity contribution >= 4 is 17.6 Å². The van der Waals surface area contributed by atoms with E-state index in [-0.39, 0.29) is 12.3 Å².